The molecular formula is C13H17NO4. The molecule has 1 aromatic carbocycles. The topological polar surface area (TPSA) is 64.6 Å². The number of rotatable bonds is 5. The summed E-state index contributed by atoms with van der Waals surface area (Å²) in [6, 6.07) is 7.77. The van der Waals surface area contributed by atoms with Crippen molar-refractivity contribution in [3.8, 4) is 0 Å². The highest BCUT2D eigenvalue weighted by Crippen LogP contribution is 2.15. The van der Waals surface area contributed by atoms with Gasteiger partial charge in [0, 0.05) is 0 Å². The summed E-state index contributed by atoms with van der Waals surface area (Å²) in [7, 11) is 2.61. The third-order valence-electron chi connectivity index (χ3n) is 2.54. The lowest BCUT2D eigenvalue weighted by molar-refractivity contribution is -0.146. The highest BCUT2D eigenvalue weighted by Gasteiger charge is 2.25. The van der Waals surface area contributed by atoms with Crippen LogP contribution in [0.1, 0.15) is 18.5 Å². The molecule has 5 heteroatoms. The Morgan fingerprint density at radius 3 is 2.11 bits per heavy atom. The van der Waals surface area contributed by atoms with Crippen molar-refractivity contribution in [2.24, 2.45) is 0 Å². The molecule has 0 spiro atoms. The molecule has 2 atom stereocenters. The number of nitrogens with one attached hydrogen (secondary N) is 1. The molecule has 0 aromatic heterocycles. The summed E-state index contributed by atoms with van der Waals surface area (Å²) in [5.74, 6) is -0.878. The summed E-state index contributed by atoms with van der Waals surface area (Å²) in [6.07, 6.45) is 0. The molecule has 0 fully saturated rings. The summed E-state index contributed by atoms with van der Waals surface area (Å²) in [5.41, 5.74) is 0.736. The first-order valence-corrected chi connectivity index (χ1v) is 5.56. The van der Waals surface area contributed by atoms with Crippen LogP contribution in [0.25, 0.3) is 0 Å². The monoisotopic (exact) mass is 251 g/mol. The quantitative estimate of drug-likeness (QED) is 0.792. The smallest absolute Gasteiger partial charge is 0.327 e. The van der Waals surface area contributed by atoms with Crippen LogP contribution in [-0.4, -0.2) is 32.2 Å². The Labute approximate surface area is 106 Å². The molecule has 2 unspecified atom stereocenters. The van der Waals surface area contributed by atoms with E-state index in [4.69, 9.17) is 4.74 Å². The van der Waals surface area contributed by atoms with Gasteiger partial charge in [-0.15, -0.1) is 0 Å². The van der Waals surface area contributed by atoms with Crippen LogP contribution < -0.4 is 5.32 Å². The van der Waals surface area contributed by atoms with Gasteiger partial charge in [0.1, 0.15) is 12.1 Å². The second-order valence-electron chi connectivity index (χ2n) is 3.78. The number of carbonyl (C=O) groups is 2. The number of esters is 2. The minimum absolute atomic E-state index is 0.431. The van der Waals surface area contributed by atoms with Crippen LogP contribution in [0.15, 0.2) is 30.3 Å². The third-order valence-corrected chi connectivity index (χ3v) is 2.54. The second-order valence-corrected chi connectivity index (χ2v) is 3.78. The van der Waals surface area contributed by atoms with Crippen molar-refractivity contribution in [1.29, 1.82) is 0 Å². The molecule has 1 aromatic rings. The first kappa shape index (κ1) is 14.2. The summed E-state index contributed by atoms with van der Waals surface area (Å²) in [4.78, 5) is 23.1. The zero-order valence-electron chi connectivity index (χ0n) is 10.7. The number of hydrogen-bond donors (Lipinski definition) is 1. The van der Waals surface area contributed by atoms with Crippen molar-refractivity contribution in [3.63, 3.8) is 0 Å². The van der Waals surface area contributed by atoms with E-state index in [1.54, 1.807) is 19.1 Å². The Kier molecular flexibility index (Phi) is 5.32. The zero-order valence-corrected chi connectivity index (χ0v) is 10.7. The van der Waals surface area contributed by atoms with Crippen LogP contribution in [0.2, 0.25) is 0 Å². The SMILES string of the molecule is COC(=O)C(C)NC(C(=O)OC)c1ccccc1. The van der Waals surface area contributed by atoms with E-state index in [0.29, 0.717) is 0 Å². The second kappa shape index (κ2) is 6.76. The average molecular weight is 251 g/mol. The number of carbonyl (C=O) groups excluding carboxylic acids is 2. The molecule has 1 rings (SSSR count). The van der Waals surface area contributed by atoms with Crippen molar-refractivity contribution in [2.45, 2.75) is 19.0 Å². The van der Waals surface area contributed by atoms with E-state index in [1.807, 2.05) is 18.2 Å². The Hall–Kier alpha value is -1.88. The lowest BCUT2D eigenvalue weighted by Crippen LogP contribution is -2.41. The van der Waals surface area contributed by atoms with Gasteiger partial charge in [-0.3, -0.25) is 10.1 Å². The molecule has 0 amide bonds. The van der Waals surface area contributed by atoms with Crippen LogP contribution in [0.5, 0.6) is 0 Å². The number of ether oxygens (including phenoxy) is 2. The van der Waals surface area contributed by atoms with E-state index < -0.39 is 24.0 Å². The third kappa shape index (κ3) is 3.56. The maximum Gasteiger partial charge on any atom is 0.327 e. The first-order chi connectivity index (χ1) is 8.60. The fourth-order valence-corrected chi connectivity index (χ4v) is 1.56. The van der Waals surface area contributed by atoms with Crippen LogP contribution in [0, 0.1) is 0 Å². The summed E-state index contributed by atoms with van der Waals surface area (Å²) < 4.78 is 9.34. The molecule has 18 heavy (non-hydrogen) atoms. The Morgan fingerprint density at radius 1 is 1.06 bits per heavy atom. The van der Waals surface area contributed by atoms with Gasteiger partial charge in [-0.05, 0) is 12.5 Å². The summed E-state index contributed by atoms with van der Waals surface area (Å²) in [5, 5.41) is 2.89. The molecule has 0 radical (unpaired) electrons. The largest absolute Gasteiger partial charge is 0.468 e. The Morgan fingerprint density at radius 2 is 1.61 bits per heavy atom. The van der Waals surface area contributed by atoms with Crippen LogP contribution in [-0.2, 0) is 19.1 Å². The van der Waals surface area contributed by atoms with Gasteiger partial charge in [0.2, 0.25) is 0 Å². The maximum absolute atomic E-state index is 11.7. The molecule has 0 bridgehead atoms. The molecular weight excluding hydrogens is 234 g/mol. The van der Waals surface area contributed by atoms with Crippen LogP contribution in [0.3, 0.4) is 0 Å². The minimum atomic E-state index is -0.690. The Bertz CT molecular complexity index is 405. The highest BCUT2D eigenvalue weighted by molar-refractivity contribution is 5.80. The van der Waals surface area contributed by atoms with E-state index in [1.165, 1.54) is 14.2 Å². The molecule has 0 heterocycles. The van der Waals surface area contributed by atoms with Crippen molar-refractivity contribution in [2.75, 3.05) is 14.2 Å². The van der Waals surface area contributed by atoms with E-state index in [2.05, 4.69) is 10.1 Å². The van der Waals surface area contributed by atoms with Gasteiger partial charge < -0.3 is 9.47 Å². The van der Waals surface area contributed by atoms with Gasteiger partial charge >= 0.3 is 11.9 Å². The minimum Gasteiger partial charge on any atom is -0.468 e. The fourth-order valence-electron chi connectivity index (χ4n) is 1.56. The molecule has 0 saturated heterocycles. The molecule has 0 saturated carbocycles. The normalized spacial score (nSPS) is 13.5. The van der Waals surface area contributed by atoms with E-state index in [-0.39, 0.29) is 0 Å². The predicted molar refractivity (Wildman–Crippen MR) is 65.8 cm³/mol. The van der Waals surface area contributed by atoms with Crippen molar-refractivity contribution in [3.05, 3.63) is 35.9 Å². The van der Waals surface area contributed by atoms with Gasteiger partial charge in [-0.2, -0.15) is 0 Å². The first-order valence-electron chi connectivity index (χ1n) is 5.56. The molecule has 0 aliphatic rings. The Balaban J connectivity index is 2.87. The van der Waals surface area contributed by atoms with Gasteiger partial charge in [-0.1, -0.05) is 30.3 Å². The maximum atomic E-state index is 11.7. The molecule has 5 nitrogen and oxygen atoms in total. The standard InChI is InChI=1S/C13H17NO4/c1-9(12(15)17-2)14-11(13(16)18-3)10-7-5-4-6-8-10/h4-9,11,14H,1-3H3. The van der Waals surface area contributed by atoms with Crippen LogP contribution >= 0.6 is 0 Å². The number of benzene rings is 1. The summed E-state index contributed by atoms with van der Waals surface area (Å²) >= 11 is 0. The predicted octanol–water partition coefficient (Wildman–Crippen LogP) is 1.05. The lowest BCUT2D eigenvalue weighted by Gasteiger charge is -2.20. The van der Waals surface area contributed by atoms with Gasteiger partial charge in [0.25, 0.3) is 0 Å². The fraction of sp³-hybridized carbons (Fsp3) is 0.385. The van der Waals surface area contributed by atoms with Gasteiger partial charge in [0.05, 0.1) is 14.2 Å². The van der Waals surface area contributed by atoms with E-state index in [0.717, 1.165) is 5.56 Å². The average Bonchev–Trinajstić information content (AvgIpc) is 2.43. The zero-order chi connectivity index (χ0) is 13.5. The molecule has 1 N–H and O–H groups in total. The van der Waals surface area contributed by atoms with Crippen molar-refractivity contribution in [1.82, 2.24) is 5.32 Å². The number of hydrogen-bond acceptors (Lipinski definition) is 5. The van der Waals surface area contributed by atoms with E-state index >= 15 is 0 Å². The van der Waals surface area contributed by atoms with Crippen molar-refractivity contribution < 1.29 is 19.1 Å². The van der Waals surface area contributed by atoms with Crippen molar-refractivity contribution >= 4 is 11.9 Å². The van der Waals surface area contributed by atoms with Gasteiger partial charge in [0.15, 0.2) is 0 Å². The lowest BCUT2D eigenvalue weighted by atomic mass is 10.1. The molecule has 0 aliphatic carbocycles. The summed E-state index contributed by atoms with van der Waals surface area (Å²) in [6.45, 7) is 1.63. The van der Waals surface area contributed by atoms with Gasteiger partial charge in [-0.25, -0.2) is 4.79 Å². The molecule has 98 valence electrons. The van der Waals surface area contributed by atoms with Crippen LogP contribution in [0.4, 0.5) is 0 Å². The van der Waals surface area contributed by atoms with E-state index in [9.17, 15) is 9.59 Å². The highest BCUT2D eigenvalue weighted by atomic mass is 16.5. The molecule has 0 aliphatic heterocycles. The number of methoxy groups -OCH3 is 2.